The number of alkyl halides is 3. The van der Waals surface area contributed by atoms with E-state index in [1.54, 1.807) is 32.9 Å². The minimum absolute atomic E-state index is 0.0136. The first-order valence-corrected chi connectivity index (χ1v) is 16.7. The van der Waals surface area contributed by atoms with E-state index in [1.165, 1.54) is 6.07 Å². The van der Waals surface area contributed by atoms with Gasteiger partial charge in [-0.05, 0) is 60.1 Å². The van der Waals surface area contributed by atoms with Crippen LogP contribution in [0, 0.1) is 11.8 Å². The minimum atomic E-state index is -4.68. The first-order chi connectivity index (χ1) is 22.9. The SMILES string of the molecule is CCC(C)[C@H](NC(=O)[C@@]1(NC(=O)[C@H](C(C)CC)N(Cc2cccc(C(F)(F)F)c2)C(=O)[O-])CCc2[nH]c3c(Cl)cc(Cl)cc3c2C1)C(N)=O. The maximum atomic E-state index is 14.4. The van der Waals surface area contributed by atoms with Gasteiger partial charge in [0.25, 0.3) is 0 Å². The molecule has 15 heteroatoms. The third-order valence-electron chi connectivity index (χ3n) is 9.53. The largest absolute Gasteiger partial charge is 0.530 e. The molecule has 5 atom stereocenters. The molecule has 0 aliphatic heterocycles. The van der Waals surface area contributed by atoms with Gasteiger partial charge >= 0.3 is 6.18 Å². The van der Waals surface area contributed by atoms with Gasteiger partial charge in [0.2, 0.25) is 17.7 Å². The molecule has 5 N–H and O–H groups in total. The number of primary amides is 1. The normalized spacial score (nSPS) is 18.6. The van der Waals surface area contributed by atoms with Crippen LogP contribution in [0.3, 0.4) is 0 Å². The van der Waals surface area contributed by atoms with Crippen LogP contribution < -0.4 is 21.5 Å². The third-order valence-corrected chi connectivity index (χ3v) is 10.0. The standard InChI is InChI=1S/C34H40Cl2F3N5O5/c1-5-17(3)26(29(40)45)42-31(47)33(11-10-25-23(15-33)22-13-21(35)14-24(36)27(22)41-25)43-30(46)28(18(4)6-2)44(32(48)49)16-19-8-7-9-20(12-19)34(37,38)39/h7-9,12-14,17-18,26,28,41H,5-6,10-11,15-16H2,1-4H3,(H2,40,45)(H,42,47)(H,43,46)(H,48,49)/p-1/t17?,18?,26-,28-,33+/m0/s1. The average molecular weight is 726 g/mol. The zero-order valence-corrected chi connectivity index (χ0v) is 29.0. The predicted molar refractivity (Wildman–Crippen MR) is 177 cm³/mol. The summed E-state index contributed by atoms with van der Waals surface area (Å²) in [6, 6.07) is 4.83. The number of aryl methyl sites for hydroxylation is 1. The molecule has 49 heavy (non-hydrogen) atoms. The van der Waals surface area contributed by atoms with Crippen LogP contribution in [-0.2, 0) is 39.9 Å². The number of hydrogen-bond acceptors (Lipinski definition) is 5. The summed E-state index contributed by atoms with van der Waals surface area (Å²) in [5.41, 5.74) is 4.93. The monoisotopic (exact) mass is 724 g/mol. The molecule has 0 bridgehead atoms. The molecule has 4 amide bonds. The highest BCUT2D eigenvalue weighted by molar-refractivity contribution is 6.38. The minimum Gasteiger partial charge on any atom is -0.530 e. The Balaban J connectivity index is 1.79. The lowest BCUT2D eigenvalue weighted by molar-refractivity contribution is -0.269. The van der Waals surface area contributed by atoms with Gasteiger partial charge < -0.3 is 36.2 Å². The zero-order valence-electron chi connectivity index (χ0n) is 27.5. The van der Waals surface area contributed by atoms with Crippen molar-refractivity contribution >= 4 is 57.9 Å². The van der Waals surface area contributed by atoms with Crippen LogP contribution in [-0.4, -0.2) is 51.3 Å². The lowest BCUT2D eigenvalue weighted by Crippen LogP contribution is -2.67. The van der Waals surface area contributed by atoms with Gasteiger partial charge in [-0.2, -0.15) is 13.2 Å². The van der Waals surface area contributed by atoms with E-state index >= 15 is 0 Å². The van der Waals surface area contributed by atoms with Crippen LogP contribution in [0.4, 0.5) is 18.0 Å². The van der Waals surface area contributed by atoms with E-state index < -0.39 is 65.6 Å². The molecule has 0 fully saturated rings. The first-order valence-electron chi connectivity index (χ1n) is 16.0. The number of carboxylic acid groups (broad SMARTS) is 1. The highest BCUT2D eigenvalue weighted by atomic mass is 35.5. The molecular formula is C34H39Cl2F3N5O5-. The molecule has 1 aliphatic carbocycles. The van der Waals surface area contributed by atoms with Crippen LogP contribution in [0.1, 0.15) is 69.3 Å². The number of halogens is 5. The van der Waals surface area contributed by atoms with Crippen molar-refractivity contribution in [3.63, 3.8) is 0 Å². The number of aromatic amines is 1. The Morgan fingerprint density at radius 1 is 1.08 bits per heavy atom. The molecule has 3 aromatic rings. The van der Waals surface area contributed by atoms with E-state index in [0.717, 1.165) is 23.9 Å². The number of carbonyl (C=O) groups is 4. The van der Waals surface area contributed by atoms with Crippen LogP contribution in [0.2, 0.25) is 10.0 Å². The van der Waals surface area contributed by atoms with Crippen LogP contribution >= 0.6 is 23.2 Å². The molecule has 2 aromatic carbocycles. The topological polar surface area (TPSA) is 160 Å². The molecule has 266 valence electrons. The summed E-state index contributed by atoms with van der Waals surface area (Å²) in [6.45, 7) is 6.32. The second-order valence-corrected chi connectivity index (χ2v) is 13.6. The van der Waals surface area contributed by atoms with Crippen molar-refractivity contribution in [2.24, 2.45) is 17.6 Å². The molecular weight excluding hydrogens is 686 g/mol. The Bertz CT molecular complexity index is 1750. The van der Waals surface area contributed by atoms with Crippen molar-refractivity contribution in [1.82, 2.24) is 20.5 Å². The molecule has 1 aliphatic rings. The fourth-order valence-corrected chi connectivity index (χ4v) is 6.94. The zero-order chi connectivity index (χ0) is 36.4. The maximum absolute atomic E-state index is 14.4. The van der Waals surface area contributed by atoms with Crippen LogP contribution in [0.25, 0.3) is 10.9 Å². The van der Waals surface area contributed by atoms with Gasteiger partial charge in [-0.25, -0.2) is 0 Å². The van der Waals surface area contributed by atoms with Crippen LogP contribution in [0.15, 0.2) is 36.4 Å². The van der Waals surface area contributed by atoms with Gasteiger partial charge in [-0.3, -0.25) is 14.4 Å². The van der Waals surface area contributed by atoms with E-state index in [1.807, 2.05) is 6.92 Å². The van der Waals surface area contributed by atoms with Crippen LogP contribution in [0.5, 0.6) is 0 Å². The lowest BCUT2D eigenvalue weighted by atomic mass is 9.78. The average Bonchev–Trinajstić information content (AvgIpc) is 3.39. The molecule has 4 rings (SSSR count). The molecule has 0 radical (unpaired) electrons. The lowest BCUT2D eigenvalue weighted by Gasteiger charge is -2.42. The number of carbonyl (C=O) groups excluding carboxylic acids is 4. The van der Waals surface area contributed by atoms with Gasteiger partial charge in [-0.1, -0.05) is 75.9 Å². The molecule has 0 spiro atoms. The molecule has 0 saturated carbocycles. The Kier molecular flexibility index (Phi) is 11.5. The first kappa shape index (κ1) is 37.8. The van der Waals surface area contributed by atoms with E-state index in [9.17, 15) is 37.5 Å². The summed E-state index contributed by atoms with van der Waals surface area (Å²) in [5.74, 6) is -3.36. The number of nitrogens with one attached hydrogen (secondary N) is 3. The third kappa shape index (κ3) is 8.09. The van der Waals surface area contributed by atoms with Gasteiger partial charge in [0, 0.05) is 29.1 Å². The second-order valence-electron chi connectivity index (χ2n) is 12.8. The summed E-state index contributed by atoms with van der Waals surface area (Å²) in [4.78, 5) is 57.7. The quantitative estimate of drug-likeness (QED) is 0.204. The summed E-state index contributed by atoms with van der Waals surface area (Å²) in [6.07, 6.45) is -5.46. The summed E-state index contributed by atoms with van der Waals surface area (Å²) in [5, 5.41) is 19.4. The molecule has 10 nitrogen and oxygen atoms in total. The number of aromatic nitrogens is 1. The highest BCUT2D eigenvalue weighted by Gasteiger charge is 2.47. The van der Waals surface area contributed by atoms with E-state index in [-0.39, 0.29) is 30.7 Å². The van der Waals surface area contributed by atoms with Gasteiger partial charge in [0.15, 0.2) is 0 Å². The van der Waals surface area contributed by atoms with Crippen molar-refractivity contribution in [2.45, 2.75) is 90.1 Å². The molecule has 0 saturated heterocycles. The number of benzene rings is 2. The summed E-state index contributed by atoms with van der Waals surface area (Å²) < 4.78 is 40.4. The Labute approximate surface area is 291 Å². The van der Waals surface area contributed by atoms with Crippen molar-refractivity contribution in [1.29, 1.82) is 0 Å². The maximum Gasteiger partial charge on any atom is 0.416 e. The Morgan fingerprint density at radius 3 is 2.35 bits per heavy atom. The van der Waals surface area contributed by atoms with E-state index in [2.05, 4.69) is 15.6 Å². The van der Waals surface area contributed by atoms with Crippen molar-refractivity contribution < 1.29 is 37.5 Å². The Morgan fingerprint density at radius 2 is 1.76 bits per heavy atom. The number of fused-ring (bicyclic) bond motifs is 3. The predicted octanol–water partition coefficient (Wildman–Crippen LogP) is 5.11. The number of rotatable bonds is 12. The highest BCUT2D eigenvalue weighted by Crippen LogP contribution is 2.39. The van der Waals surface area contributed by atoms with Gasteiger partial charge in [0.1, 0.15) is 23.7 Å². The molecule has 1 heterocycles. The number of nitrogens with zero attached hydrogens (tertiary/aromatic N) is 1. The smallest absolute Gasteiger partial charge is 0.416 e. The number of amides is 4. The fraction of sp³-hybridized carbons (Fsp3) is 0.471. The number of nitrogens with two attached hydrogens (primary N) is 1. The second kappa shape index (κ2) is 14.9. The van der Waals surface area contributed by atoms with Crippen molar-refractivity contribution in [2.75, 3.05) is 0 Å². The van der Waals surface area contributed by atoms with Gasteiger partial charge in [-0.15, -0.1) is 0 Å². The summed E-state index contributed by atoms with van der Waals surface area (Å²) in [7, 11) is 0. The molecule has 1 aromatic heterocycles. The molecule has 2 unspecified atom stereocenters. The van der Waals surface area contributed by atoms with Gasteiger partial charge in [0.05, 0.1) is 16.1 Å². The fourth-order valence-electron chi connectivity index (χ4n) is 6.40. The summed E-state index contributed by atoms with van der Waals surface area (Å²) >= 11 is 12.8. The number of H-pyrrole nitrogens is 1. The number of hydrogen-bond donors (Lipinski definition) is 4. The van der Waals surface area contributed by atoms with E-state index in [0.29, 0.717) is 44.3 Å². The van der Waals surface area contributed by atoms with E-state index in [4.69, 9.17) is 28.9 Å². The van der Waals surface area contributed by atoms with Crippen molar-refractivity contribution in [3.05, 3.63) is 68.8 Å². The Hall–Kier alpha value is -3.97. The van der Waals surface area contributed by atoms with Crippen molar-refractivity contribution in [3.8, 4) is 0 Å².